The van der Waals surface area contributed by atoms with Crippen molar-refractivity contribution in [1.82, 2.24) is 0 Å². The zero-order valence-corrected chi connectivity index (χ0v) is 68.4. The standard InChI is InChI=1S/12C3H8OS.2C2H4O2.C2H6OS.CH4N2S.S.2Zn/c12*1-5-3-2-4;2*1-2(3)4;3-1-2-4;2-1(3)4;;;/h12*4H,2-3H2,1H3;2*1H3,(H,3,4);3-4H,1-2H2;(H4,2,3,4);;;. The van der Waals surface area contributed by atoms with Gasteiger partial charge in [-0.25, -0.2) is 0 Å². The molecule has 0 saturated heterocycles. The van der Waals surface area contributed by atoms with Crippen LogP contribution < -0.4 is 11.5 Å². The van der Waals surface area contributed by atoms with E-state index >= 15 is 0 Å². The molecule has 0 amide bonds. The second kappa shape index (κ2) is 207. The van der Waals surface area contributed by atoms with Crippen molar-refractivity contribution < 1.29 is 122 Å². The number of aliphatic hydroxyl groups is 13. The molecule has 0 saturated carbocycles. The Balaban J connectivity index is -0.0000000313. The number of rotatable bonds is 25. The van der Waals surface area contributed by atoms with Crippen LogP contribution in [0.25, 0.3) is 0 Å². The van der Waals surface area contributed by atoms with Gasteiger partial charge in [0.2, 0.25) is 0 Å². The molecule has 0 heterocycles. The molecule has 0 aromatic rings. The maximum Gasteiger partial charge on any atom is 0 e. The summed E-state index contributed by atoms with van der Waals surface area (Å²) < 4.78 is 0. The van der Waals surface area contributed by atoms with E-state index in [1.54, 1.807) is 141 Å². The van der Waals surface area contributed by atoms with Crippen LogP contribution in [0.15, 0.2) is 0 Å². The Morgan fingerprint density at radius 1 is 0.329 bits per heavy atom. The van der Waals surface area contributed by atoms with E-state index in [1.165, 1.54) is 0 Å². The van der Waals surface area contributed by atoms with E-state index in [1.807, 2.05) is 75.1 Å². The molecule has 0 atom stereocenters. The molecule has 19 N–H and O–H groups in total. The fourth-order valence-corrected chi connectivity index (χ4v) is 3.29. The van der Waals surface area contributed by atoms with Crippen LogP contribution in [0.1, 0.15) is 13.8 Å². The van der Waals surface area contributed by atoms with Gasteiger partial charge >= 0.3 is 26.7 Å². The Labute approximate surface area is 570 Å². The van der Waals surface area contributed by atoms with Crippen molar-refractivity contribution in [3.8, 4) is 0 Å². The smallest absolute Gasteiger partial charge is 0 e. The van der Waals surface area contributed by atoms with Crippen molar-refractivity contribution in [2.24, 2.45) is 11.5 Å². The van der Waals surface area contributed by atoms with Crippen LogP contribution in [-0.4, -0.2) is 329 Å². The van der Waals surface area contributed by atoms with Crippen molar-refractivity contribution in [1.29, 1.82) is 0 Å². The Morgan fingerprint density at radius 2 is 0.380 bits per heavy atom. The van der Waals surface area contributed by atoms with Gasteiger partial charge in [0.05, 0.1) is 85.9 Å². The molecule has 0 aliphatic carbocycles. The predicted molar refractivity (Wildman–Crippen MR) is 382 cm³/mol. The topological polar surface area (TPSA) is 390 Å². The number of thioether (sulfide) groups is 12. The van der Waals surface area contributed by atoms with Gasteiger partial charge in [-0.3, -0.25) is 9.59 Å². The molecule has 0 radical (unpaired) electrons. The fourth-order valence-electron chi connectivity index (χ4n) is 1.10. The Morgan fingerprint density at radius 3 is 0.380 bits per heavy atom. The summed E-state index contributed by atoms with van der Waals surface area (Å²) in [5, 5.41) is 119. The molecule has 0 aliphatic heterocycles. The van der Waals surface area contributed by atoms with E-state index in [4.69, 9.17) is 86.2 Å². The number of thiocarbonyl (C=S) groups is 1. The van der Waals surface area contributed by atoms with Crippen molar-refractivity contribution in [2.45, 2.75) is 13.8 Å². The molecule has 0 aromatic heterocycles. The largest absolute Gasteiger partial charge is 0 e. The third kappa shape index (κ3) is 622. The third-order valence-corrected chi connectivity index (χ3v) is 10.9. The zero-order valence-electron chi connectivity index (χ0n) is 50.1. The van der Waals surface area contributed by atoms with Crippen molar-refractivity contribution in [3.05, 3.63) is 0 Å². The zero-order chi connectivity index (χ0) is 65.6. The summed E-state index contributed by atoms with van der Waals surface area (Å²) in [7, 11) is 4.21. The summed E-state index contributed by atoms with van der Waals surface area (Å²) >= 11 is 28.5. The first kappa shape index (κ1) is 132. The predicted octanol–water partition coefficient (Wildman–Crippen LogP) is 4.02. The summed E-state index contributed by atoms with van der Waals surface area (Å²) in [6, 6.07) is 0. The third-order valence-electron chi connectivity index (χ3n) is 3.64. The molecule has 19 nitrogen and oxygen atoms in total. The van der Waals surface area contributed by atoms with Gasteiger partial charge in [0.25, 0.3) is 11.9 Å². The molecule has 492 valence electrons. The first-order valence-corrected chi connectivity index (χ1v) is 44.2. The van der Waals surface area contributed by atoms with Crippen LogP contribution in [0.3, 0.4) is 0 Å². The van der Waals surface area contributed by atoms with E-state index < -0.39 is 11.9 Å². The van der Waals surface area contributed by atoms with E-state index in [2.05, 4.69) is 46.4 Å². The number of carboxylic acid groups (broad SMARTS) is 2. The molecule has 0 aromatic carbocycles. The van der Waals surface area contributed by atoms with Crippen molar-refractivity contribution in [2.75, 3.05) is 236 Å². The Bertz CT molecular complexity index is 590. The molecule has 0 spiro atoms. The van der Waals surface area contributed by atoms with Gasteiger partial charge in [-0.1, -0.05) is 0 Å². The van der Waals surface area contributed by atoms with Crippen LogP contribution in [0.2, 0.25) is 0 Å². The number of carboxylic acids is 2. The minimum atomic E-state index is -0.833. The summed E-state index contributed by atoms with van der Waals surface area (Å²) in [6.45, 7) is 6.03. The Kier molecular flexibility index (Phi) is 346. The number of carbonyl (C=O) groups is 2. The maximum atomic E-state index is 9.00. The van der Waals surface area contributed by atoms with Crippen LogP contribution >= 0.6 is 176 Å². The second-order valence-corrected chi connectivity index (χ2v) is 23.2. The second-order valence-electron chi connectivity index (χ2n) is 10.5. The normalized spacial score (nSPS) is 7.77. The maximum absolute atomic E-state index is 9.00. The van der Waals surface area contributed by atoms with Crippen molar-refractivity contribution >= 4 is 193 Å². The fraction of sp³-hybridized carbons (Fsp3) is 0.930. The number of aliphatic hydroxyl groups excluding tert-OH is 13. The number of hydrogen-bond donors (Lipinski definition) is 18. The first-order chi connectivity index (χ1) is 37.1. The number of aliphatic carboxylic acids is 2. The van der Waals surface area contributed by atoms with Crippen LogP contribution in [0, 0.1) is 0 Å². The van der Waals surface area contributed by atoms with Gasteiger partial charge in [-0.05, 0) is 87.3 Å². The summed E-state index contributed by atoms with van der Waals surface area (Å²) in [6.07, 6.45) is 23.6. The monoisotopic (exact) mass is 1540 g/mol. The van der Waals surface area contributed by atoms with E-state index in [0.717, 1.165) is 99.4 Å². The van der Waals surface area contributed by atoms with Gasteiger partial charge in [0.15, 0.2) is 5.11 Å². The molecule has 0 bridgehead atoms. The van der Waals surface area contributed by atoms with Crippen LogP contribution in [0.5, 0.6) is 0 Å². The summed E-state index contributed by atoms with van der Waals surface area (Å²) in [5.41, 5.74) is 9.24. The quantitative estimate of drug-likeness (QED) is 0.0348. The number of hydrogen-bond acceptors (Lipinski definition) is 30. The summed E-state index contributed by atoms with van der Waals surface area (Å²) in [4.78, 5) is 18.0. The molecule has 79 heavy (non-hydrogen) atoms. The average Bonchev–Trinajstić information content (AvgIpc) is 3.39. The average molecular weight is 1540 g/mol. The van der Waals surface area contributed by atoms with Gasteiger partial charge in [0.1, 0.15) is 0 Å². The molecule has 0 rings (SSSR count). The van der Waals surface area contributed by atoms with Crippen molar-refractivity contribution in [3.63, 3.8) is 0 Å². The number of thiol groups is 1. The molecule has 36 heteroatoms. The molecule has 0 aliphatic rings. The minimum Gasteiger partial charge on any atom is 0 e. The summed E-state index contributed by atoms with van der Waals surface area (Å²) in [5.74, 6) is 9.24. The Hall–Kier alpha value is 4.13. The number of nitrogens with two attached hydrogens (primary N) is 2. The van der Waals surface area contributed by atoms with Gasteiger partial charge in [-0.2, -0.15) is 154 Å². The SMILES string of the molecule is CC(=O)O.CC(=O)O.CSCCO.CSCCO.CSCCO.CSCCO.CSCCO.CSCCO.CSCCO.CSCCO.CSCCO.CSCCO.CSCCO.CSCCO.NC(N)=S.OCCS.[S]=[Zn].[Zn]. The van der Waals surface area contributed by atoms with Gasteiger partial charge < -0.3 is 88.1 Å². The van der Waals surface area contributed by atoms with E-state index in [-0.39, 0.29) is 31.2 Å². The molecular formula is C43H114N2O17S15Zn2. The minimum absolute atomic E-state index is 0. The van der Waals surface area contributed by atoms with Gasteiger partial charge in [0, 0.05) is 108 Å². The van der Waals surface area contributed by atoms with E-state index in [0.29, 0.717) is 85.0 Å². The van der Waals surface area contributed by atoms with Crippen LogP contribution in [0.4, 0.5) is 0 Å². The van der Waals surface area contributed by atoms with Gasteiger partial charge in [-0.15, -0.1) is 0 Å². The molecule has 0 fully saturated rings. The molecule has 0 unspecified atom stereocenters. The molecular weight excluding hydrogens is 1430 g/mol. The van der Waals surface area contributed by atoms with Crippen LogP contribution in [-0.2, 0) is 45.6 Å². The first-order valence-electron chi connectivity index (χ1n) is 22.2. The van der Waals surface area contributed by atoms with E-state index in [9.17, 15) is 0 Å².